The first kappa shape index (κ1) is 79.5. The molecule has 27 nitrogen and oxygen atoms in total. The van der Waals surface area contributed by atoms with E-state index in [0.717, 1.165) is 77.5 Å². The number of likely N-dealkylation sites (tertiary alicyclic amines) is 2. The highest BCUT2D eigenvalue weighted by Gasteiger charge is 2.51. The zero-order valence-corrected chi connectivity index (χ0v) is 66.4. The summed E-state index contributed by atoms with van der Waals surface area (Å²) in [5, 5.41) is 44.7. The Morgan fingerprint density at radius 1 is 0.491 bits per heavy atom. The van der Waals surface area contributed by atoms with Crippen LogP contribution in [0.2, 0.25) is 0 Å². The van der Waals surface area contributed by atoms with E-state index < -0.39 is 0 Å². The zero-order valence-electron chi connectivity index (χ0n) is 64.8. The van der Waals surface area contributed by atoms with E-state index in [1.54, 1.807) is 101 Å². The Morgan fingerprint density at radius 3 is 1.11 bits per heavy atom. The molecule has 6 aromatic carbocycles. The van der Waals surface area contributed by atoms with Crippen LogP contribution in [0.4, 0.5) is 0 Å². The van der Waals surface area contributed by atoms with E-state index in [4.69, 9.17) is 27.8 Å². The van der Waals surface area contributed by atoms with Crippen molar-refractivity contribution >= 4 is 51.4 Å². The van der Waals surface area contributed by atoms with Gasteiger partial charge in [-0.2, -0.15) is 30.7 Å². The summed E-state index contributed by atoms with van der Waals surface area (Å²) >= 11 is 3.02. The van der Waals surface area contributed by atoms with Gasteiger partial charge in [-0.3, -0.25) is 28.8 Å². The number of nitrogens with one attached hydrogen (secondary N) is 1. The lowest BCUT2D eigenvalue weighted by atomic mass is 9.80. The minimum absolute atomic E-state index is 0.00786. The van der Waals surface area contributed by atoms with Gasteiger partial charge in [-0.05, 0) is 168 Å². The van der Waals surface area contributed by atoms with E-state index in [9.17, 15) is 44.6 Å². The third-order valence-electron chi connectivity index (χ3n) is 21.0. The van der Waals surface area contributed by atoms with Crippen LogP contribution in [0.25, 0.3) is 68.5 Å². The number of likely N-dealkylation sites (N-methyl/N-ethyl adjacent to an activating group) is 2. The Labute approximate surface area is 657 Å². The van der Waals surface area contributed by atoms with Gasteiger partial charge in [0.2, 0.25) is 52.9 Å². The molecule has 9 aromatic rings. The Kier molecular flexibility index (Phi) is 23.6. The zero-order chi connectivity index (χ0) is 80.1. The van der Waals surface area contributed by atoms with Crippen LogP contribution in [0.15, 0.2) is 123 Å². The van der Waals surface area contributed by atoms with Gasteiger partial charge in [-0.1, -0.05) is 86.0 Å². The number of rotatable bonds is 17. The molecule has 3 saturated heterocycles. The van der Waals surface area contributed by atoms with Gasteiger partial charge in [0.1, 0.15) is 35.5 Å². The SMILES string of the molecule is CC(C)Oc1ccc(-c2nc(-c3cccc4c3CCC43CC(=O)N(CC(=O)N(C)C)C3)no2)cc1C#N.CC(C)Oc1ccc(-c2nc(-c3cccc4c3CCC43CC(=O)N(CC(=O)N(C)C)C3)no2)cc1C#N.CC(C)Oc1ccc(-c2nc(-c3cccc4c3CCC43CNC(=O)C3)no2)cc1C#N.CN(C)C(=O)CBr. The van der Waals surface area contributed by atoms with Gasteiger partial charge in [0.15, 0.2) is 0 Å². The molecular weight excluding hydrogens is 1490 g/mol. The summed E-state index contributed by atoms with van der Waals surface area (Å²) in [6, 6.07) is 40.3. The van der Waals surface area contributed by atoms with Crippen molar-refractivity contribution in [3.63, 3.8) is 0 Å². The monoisotopic (exact) mass is 1580 g/mol. The van der Waals surface area contributed by atoms with Gasteiger partial charge in [0.25, 0.3) is 17.7 Å². The van der Waals surface area contributed by atoms with Crippen molar-refractivity contribution in [3.05, 3.63) is 159 Å². The van der Waals surface area contributed by atoms with Crippen molar-refractivity contribution in [2.45, 2.75) is 134 Å². The molecule has 28 heteroatoms. The van der Waals surface area contributed by atoms with E-state index in [1.165, 1.54) is 25.8 Å². The minimum Gasteiger partial charge on any atom is -0.490 e. The molecular formula is C84H88BrN15O12. The number of alkyl halides is 1. The number of amides is 6. The fourth-order valence-corrected chi connectivity index (χ4v) is 16.0. The summed E-state index contributed by atoms with van der Waals surface area (Å²) < 4.78 is 33.8. The van der Waals surface area contributed by atoms with Crippen molar-refractivity contribution < 1.29 is 56.5 Å². The number of halogens is 1. The highest BCUT2D eigenvalue weighted by molar-refractivity contribution is 9.09. The van der Waals surface area contributed by atoms with Crippen molar-refractivity contribution in [1.29, 1.82) is 15.8 Å². The third kappa shape index (κ3) is 16.7. The number of carbonyl (C=O) groups is 6. The van der Waals surface area contributed by atoms with Gasteiger partial charge in [-0.25, -0.2) is 0 Å². The van der Waals surface area contributed by atoms with Crippen molar-refractivity contribution in [1.82, 2.24) is 60.2 Å². The molecule has 15 rings (SSSR count). The number of hydrogen-bond donors (Lipinski definition) is 1. The average Bonchev–Trinajstić information content (AvgIpc) is 1.58. The number of nitrogens with zero attached hydrogens (tertiary/aromatic N) is 14. The molecule has 578 valence electrons. The molecule has 3 aliphatic carbocycles. The molecule has 1 N–H and O–H groups in total. The largest absolute Gasteiger partial charge is 0.490 e. The van der Waals surface area contributed by atoms with Gasteiger partial charge < -0.3 is 57.6 Å². The Balaban J connectivity index is 0.000000150. The highest BCUT2D eigenvalue weighted by Crippen LogP contribution is 2.51. The van der Waals surface area contributed by atoms with Crippen LogP contribution >= 0.6 is 15.9 Å². The first-order valence-electron chi connectivity index (χ1n) is 37.1. The highest BCUT2D eigenvalue weighted by atomic mass is 79.9. The maximum atomic E-state index is 12.8. The Hall–Kier alpha value is -12.1. The first-order valence-corrected chi connectivity index (χ1v) is 38.2. The summed E-state index contributed by atoms with van der Waals surface area (Å²) in [4.78, 5) is 94.2. The van der Waals surface area contributed by atoms with Crippen molar-refractivity contribution in [3.8, 4) is 104 Å². The Morgan fingerprint density at radius 2 is 0.821 bits per heavy atom. The van der Waals surface area contributed by atoms with Crippen LogP contribution in [0.5, 0.6) is 17.2 Å². The second-order valence-electron chi connectivity index (χ2n) is 30.4. The maximum absolute atomic E-state index is 12.8. The second kappa shape index (κ2) is 33.2. The number of hydrogen-bond acceptors (Lipinski definition) is 21. The maximum Gasteiger partial charge on any atom is 0.258 e. The number of aromatic nitrogens is 6. The fourth-order valence-electron chi connectivity index (χ4n) is 15.5. The summed E-state index contributed by atoms with van der Waals surface area (Å²) in [6.07, 6.45) is 6.23. The lowest BCUT2D eigenvalue weighted by Crippen LogP contribution is -2.38. The number of carbonyl (C=O) groups excluding carboxylic acids is 6. The molecule has 3 atom stereocenters. The number of fused-ring (bicyclic) bond motifs is 6. The molecule has 0 saturated carbocycles. The van der Waals surface area contributed by atoms with Crippen LogP contribution in [0, 0.1) is 34.0 Å². The molecule has 112 heavy (non-hydrogen) atoms. The fraction of sp³-hybridized carbons (Fsp3) is 0.393. The van der Waals surface area contributed by atoms with Gasteiger partial charge in [-0.15, -0.1) is 0 Å². The van der Waals surface area contributed by atoms with E-state index in [-0.39, 0.29) is 83.1 Å². The van der Waals surface area contributed by atoms with E-state index in [0.29, 0.717) is 130 Å². The molecule has 3 spiro atoms. The van der Waals surface area contributed by atoms with E-state index >= 15 is 0 Å². The molecule has 6 aliphatic rings. The molecule has 3 aromatic heterocycles. The number of ether oxygens (including phenoxy) is 3. The molecule has 6 heterocycles. The molecule has 3 unspecified atom stereocenters. The lowest BCUT2D eigenvalue weighted by molar-refractivity contribution is -0.136. The lowest BCUT2D eigenvalue weighted by Gasteiger charge is -2.25. The van der Waals surface area contributed by atoms with E-state index in [2.05, 4.69) is 88.1 Å². The normalized spacial score (nSPS) is 18.1. The van der Waals surface area contributed by atoms with Crippen LogP contribution in [-0.2, 0) is 64.3 Å². The quantitative estimate of drug-likeness (QED) is 0.0827. The Bertz CT molecular complexity index is 5040. The standard InChI is InChI=1S/2C28H29N5O4.C24H22N4O3.C4H8BrNO/c2*1-17(2)36-23-9-8-18(12-19(23)14-29)27-30-26(31-37-27)21-6-5-7-22-20(21)10-11-28(22)13-24(34)33(16-28)15-25(35)32(3)4;1-14(2)30-20-7-6-15(10-16(20)12-25)23-27-22(28-31-23)18-4-3-5-19-17(18)8-9-24(19)11-21(29)26-13-24;1-6(2)4(7)3-5/h2*5-9,12,17H,10-11,13,15-16H2,1-4H3;3-7,10,14H,8-9,11,13H2,1-2H3,(H,26,29);3H2,1-2H3. The summed E-state index contributed by atoms with van der Waals surface area (Å²) in [5.41, 5.74) is 12.0. The predicted molar refractivity (Wildman–Crippen MR) is 417 cm³/mol. The van der Waals surface area contributed by atoms with Crippen molar-refractivity contribution in [2.24, 2.45) is 0 Å². The summed E-state index contributed by atoms with van der Waals surface area (Å²) in [6.45, 7) is 13.4. The van der Waals surface area contributed by atoms with Gasteiger partial charge >= 0.3 is 0 Å². The third-order valence-corrected chi connectivity index (χ3v) is 21.5. The average molecular weight is 1580 g/mol. The van der Waals surface area contributed by atoms with E-state index in [1.807, 2.05) is 84.0 Å². The second-order valence-corrected chi connectivity index (χ2v) is 30.9. The summed E-state index contributed by atoms with van der Waals surface area (Å²) in [5.74, 6) is 4.05. The molecule has 0 bridgehead atoms. The first-order chi connectivity index (χ1) is 53.6. The smallest absolute Gasteiger partial charge is 0.258 e. The number of benzene rings is 6. The molecule has 3 fully saturated rings. The molecule has 3 aliphatic heterocycles. The van der Waals surface area contributed by atoms with Crippen LogP contribution in [0.1, 0.15) is 130 Å². The van der Waals surface area contributed by atoms with Crippen LogP contribution in [-0.4, -0.2) is 189 Å². The molecule has 0 radical (unpaired) electrons. The van der Waals surface area contributed by atoms with Crippen molar-refractivity contribution in [2.75, 3.05) is 80.3 Å². The minimum atomic E-state index is -0.310. The number of nitriles is 3. The predicted octanol–water partition coefficient (Wildman–Crippen LogP) is 11.4. The topological polar surface area (TPSA) is 346 Å². The summed E-state index contributed by atoms with van der Waals surface area (Å²) in [7, 11) is 10.2. The van der Waals surface area contributed by atoms with Gasteiger partial charge in [0.05, 0.1) is 53.4 Å². The molecule has 6 amide bonds. The van der Waals surface area contributed by atoms with Crippen LogP contribution < -0.4 is 19.5 Å². The van der Waals surface area contributed by atoms with Gasteiger partial charge in [0, 0.05) is 131 Å². The van der Waals surface area contributed by atoms with Crippen LogP contribution in [0.3, 0.4) is 0 Å².